The molecule has 1 amide bonds. The predicted molar refractivity (Wildman–Crippen MR) is 73.5 cm³/mol. The van der Waals surface area contributed by atoms with Crippen LogP contribution in [0.4, 0.5) is 0 Å². The number of hydrogen-bond acceptors (Lipinski definition) is 3. The van der Waals surface area contributed by atoms with Crippen molar-refractivity contribution in [1.82, 2.24) is 15.1 Å². The van der Waals surface area contributed by atoms with Gasteiger partial charge in [0, 0.05) is 38.8 Å². The Bertz CT molecular complexity index is 274. The molecule has 18 heavy (non-hydrogen) atoms. The summed E-state index contributed by atoms with van der Waals surface area (Å²) < 4.78 is 0. The maximum Gasteiger partial charge on any atom is 0.239 e. The zero-order valence-corrected chi connectivity index (χ0v) is 11.8. The summed E-state index contributed by atoms with van der Waals surface area (Å²) >= 11 is 0. The van der Waals surface area contributed by atoms with Crippen LogP contribution in [-0.2, 0) is 4.79 Å². The highest BCUT2D eigenvalue weighted by Gasteiger charge is 2.28. The van der Waals surface area contributed by atoms with E-state index in [2.05, 4.69) is 29.0 Å². The molecule has 2 atom stereocenters. The molecule has 2 heterocycles. The topological polar surface area (TPSA) is 35.6 Å². The lowest BCUT2D eigenvalue weighted by atomic mass is 10.1. The first kappa shape index (κ1) is 13.8. The summed E-state index contributed by atoms with van der Waals surface area (Å²) in [7, 11) is 0. The van der Waals surface area contributed by atoms with Crippen LogP contribution >= 0.6 is 0 Å². The van der Waals surface area contributed by atoms with E-state index in [1.165, 1.54) is 25.7 Å². The lowest BCUT2D eigenvalue weighted by Crippen LogP contribution is -2.56. The summed E-state index contributed by atoms with van der Waals surface area (Å²) in [5.74, 6) is 0.339. The van der Waals surface area contributed by atoms with Gasteiger partial charge in [0.05, 0.1) is 6.04 Å². The van der Waals surface area contributed by atoms with Crippen molar-refractivity contribution in [2.24, 2.45) is 0 Å². The summed E-state index contributed by atoms with van der Waals surface area (Å²) in [6.07, 6.45) is 4.92. The Morgan fingerprint density at radius 1 is 1.17 bits per heavy atom. The summed E-state index contributed by atoms with van der Waals surface area (Å²) in [5, 5.41) is 3.43. The third-order valence-electron chi connectivity index (χ3n) is 4.22. The van der Waals surface area contributed by atoms with Crippen molar-refractivity contribution in [2.45, 2.75) is 51.6 Å². The van der Waals surface area contributed by atoms with Crippen LogP contribution in [0, 0.1) is 0 Å². The lowest BCUT2D eigenvalue weighted by Gasteiger charge is -2.37. The van der Waals surface area contributed by atoms with E-state index in [0.717, 1.165) is 32.7 Å². The van der Waals surface area contributed by atoms with Gasteiger partial charge in [-0.2, -0.15) is 0 Å². The smallest absolute Gasteiger partial charge is 0.239 e. The second-order valence-electron chi connectivity index (χ2n) is 5.77. The second kappa shape index (κ2) is 6.53. The summed E-state index contributed by atoms with van der Waals surface area (Å²) in [5.41, 5.74) is 0. The number of nitrogens with one attached hydrogen (secondary N) is 1. The first-order valence-electron chi connectivity index (χ1n) is 7.44. The average Bonchev–Trinajstić information content (AvgIpc) is 2.66. The van der Waals surface area contributed by atoms with Crippen LogP contribution in [0.1, 0.15) is 39.5 Å². The van der Waals surface area contributed by atoms with Gasteiger partial charge in [-0.3, -0.25) is 9.69 Å². The Balaban J connectivity index is 1.90. The van der Waals surface area contributed by atoms with Crippen molar-refractivity contribution in [3.8, 4) is 0 Å². The molecule has 1 unspecified atom stereocenters. The lowest BCUT2D eigenvalue weighted by molar-refractivity contribution is -0.136. The Hall–Kier alpha value is -0.610. The molecule has 1 N–H and O–H groups in total. The van der Waals surface area contributed by atoms with Crippen LogP contribution in [0.5, 0.6) is 0 Å². The van der Waals surface area contributed by atoms with Crippen LogP contribution in [0.2, 0.25) is 0 Å². The maximum absolute atomic E-state index is 12.5. The van der Waals surface area contributed by atoms with Gasteiger partial charge >= 0.3 is 0 Å². The molecular formula is C14H27N3O. The molecule has 2 saturated heterocycles. The van der Waals surface area contributed by atoms with E-state index < -0.39 is 0 Å². The van der Waals surface area contributed by atoms with Gasteiger partial charge in [0.1, 0.15) is 0 Å². The highest BCUT2D eigenvalue weighted by molar-refractivity contribution is 5.81. The Labute approximate surface area is 111 Å². The van der Waals surface area contributed by atoms with Gasteiger partial charge in [0.2, 0.25) is 5.91 Å². The molecule has 2 rings (SSSR count). The molecule has 0 aromatic heterocycles. The molecule has 104 valence electrons. The van der Waals surface area contributed by atoms with Gasteiger partial charge < -0.3 is 10.2 Å². The van der Waals surface area contributed by atoms with Crippen LogP contribution in [-0.4, -0.2) is 60.5 Å². The minimum Gasteiger partial charge on any atom is -0.341 e. The largest absolute Gasteiger partial charge is 0.341 e. The fourth-order valence-corrected chi connectivity index (χ4v) is 3.03. The molecule has 0 aromatic rings. The molecule has 2 fully saturated rings. The molecule has 4 heteroatoms. The van der Waals surface area contributed by atoms with Gasteiger partial charge in [-0.1, -0.05) is 12.8 Å². The Kier molecular flexibility index (Phi) is 5.01. The number of piperazine rings is 1. The maximum atomic E-state index is 12.5. The van der Waals surface area contributed by atoms with Crippen LogP contribution < -0.4 is 5.32 Å². The molecular weight excluding hydrogens is 226 g/mol. The summed E-state index contributed by atoms with van der Waals surface area (Å²) in [6, 6.07) is 0.547. The number of carbonyl (C=O) groups is 1. The van der Waals surface area contributed by atoms with E-state index in [0.29, 0.717) is 11.9 Å². The zero-order chi connectivity index (χ0) is 13.0. The first-order chi connectivity index (χ1) is 8.68. The minimum atomic E-state index is 0.0487. The molecule has 2 aliphatic rings. The van der Waals surface area contributed by atoms with Gasteiger partial charge in [-0.15, -0.1) is 0 Å². The van der Waals surface area contributed by atoms with E-state index in [4.69, 9.17) is 0 Å². The standard InChI is InChI=1S/C14H27N3O/c1-12-11-17(10-7-15-12)13(2)14(18)16-8-5-3-4-6-9-16/h12-13,15H,3-11H2,1-2H3/t12-,13?/m0/s1. The van der Waals surface area contributed by atoms with Crippen LogP contribution in [0.25, 0.3) is 0 Å². The normalized spacial score (nSPS) is 28.8. The Morgan fingerprint density at radius 2 is 1.83 bits per heavy atom. The second-order valence-corrected chi connectivity index (χ2v) is 5.77. The van der Waals surface area contributed by atoms with E-state index in [1.54, 1.807) is 0 Å². The number of rotatable bonds is 2. The molecule has 0 aromatic carbocycles. The molecule has 4 nitrogen and oxygen atoms in total. The fraction of sp³-hybridized carbons (Fsp3) is 0.929. The third kappa shape index (κ3) is 3.45. The Morgan fingerprint density at radius 3 is 2.44 bits per heavy atom. The van der Waals surface area contributed by atoms with Gasteiger partial charge in [-0.25, -0.2) is 0 Å². The number of carbonyl (C=O) groups excluding carboxylic acids is 1. The van der Waals surface area contributed by atoms with Crippen molar-refractivity contribution in [2.75, 3.05) is 32.7 Å². The van der Waals surface area contributed by atoms with E-state index in [-0.39, 0.29) is 6.04 Å². The van der Waals surface area contributed by atoms with E-state index in [9.17, 15) is 4.79 Å². The van der Waals surface area contributed by atoms with E-state index in [1.807, 2.05) is 0 Å². The monoisotopic (exact) mass is 253 g/mol. The molecule has 0 aliphatic carbocycles. The summed E-state index contributed by atoms with van der Waals surface area (Å²) in [4.78, 5) is 16.9. The van der Waals surface area contributed by atoms with Crippen molar-refractivity contribution >= 4 is 5.91 Å². The van der Waals surface area contributed by atoms with Crippen LogP contribution in [0.3, 0.4) is 0 Å². The quantitative estimate of drug-likeness (QED) is 0.799. The number of nitrogens with zero attached hydrogens (tertiary/aromatic N) is 2. The van der Waals surface area contributed by atoms with Crippen molar-refractivity contribution in [3.05, 3.63) is 0 Å². The van der Waals surface area contributed by atoms with E-state index >= 15 is 0 Å². The first-order valence-corrected chi connectivity index (χ1v) is 7.44. The molecule has 0 saturated carbocycles. The highest BCUT2D eigenvalue weighted by Crippen LogP contribution is 2.13. The molecule has 0 spiro atoms. The zero-order valence-electron chi connectivity index (χ0n) is 11.8. The minimum absolute atomic E-state index is 0.0487. The van der Waals surface area contributed by atoms with Gasteiger partial charge in [0.15, 0.2) is 0 Å². The number of amides is 1. The number of hydrogen-bond donors (Lipinski definition) is 1. The highest BCUT2D eigenvalue weighted by atomic mass is 16.2. The average molecular weight is 253 g/mol. The van der Waals surface area contributed by atoms with Gasteiger partial charge in [0.25, 0.3) is 0 Å². The van der Waals surface area contributed by atoms with Gasteiger partial charge in [-0.05, 0) is 26.7 Å². The van der Waals surface area contributed by atoms with Crippen molar-refractivity contribution in [1.29, 1.82) is 0 Å². The SMILES string of the molecule is CC(C(=O)N1CCCCCC1)N1CCN[C@@H](C)C1. The fourth-order valence-electron chi connectivity index (χ4n) is 3.03. The third-order valence-corrected chi connectivity index (χ3v) is 4.22. The van der Waals surface area contributed by atoms with Crippen LogP contribution in [0.15, 0.2) is 0 Å². The van der Waals surface area contributed by atoms with Crippen molar-refractivity contribution in [3.63, 3.8) is 0 Å². The summed E-state index contributed by atoms with van der Waals surface area (Å²) in [6.45, 7) is 9.17. The predicted octanol–water partition coefficient (Wildman–Crippen LogP) is 1.07. The molecule has 0 radical (unpaired) electrons. The molecule has 0 bridgehead atoms. The molecule has 2 aliphatic heterocycles. The van der Waals surface area contributed by atoms with Crippen molar-refractivity contribution < 1.29 is 4.79 Å². The number of likely N-dealkylation sites (tertiary alicyclic amines) is 1.